The highest BCUT2D eigenvalue weighted by atomic mass is 16.5. The zero-order chi connectivity index (χ0) is 15.3. The van der Waals surface area contributed by atoms with Crippen LogP contribution < -0.4 is 5.32 Å². The molecule has 2 heteroatoms. The summed E-state index contributed by atoms with van der Waals surface area (Å²) in [6.07, 6.45) is 11.4. The van der Waals surface area contributed by atoms with Gasteiger partial charge in [0.2, 0.25) is 0 Å². The van der Waals surface area contributed by atoms with E-state index in [4.69, 9.17) is 4.74 Å². The summed E-state index contributed by atoms with van der Waals surface area (Å²) in [6.45, 7) is 10.1. The molecular weight excluding hydrogens is 258 g/mol. The van der Waals surface area contributed by atoms with Crippen molar-refractivity contribution >= 4 is 6.08 Å². The highest BCUT2D eigenvalue weighted by Gasteiger charge is 2.29. The molecular formula is C19H25NO. The van der Waals surface area contributed by atoms with Gasteiger partial charge in [0.15, 0.2) is 5.72 Å². The summed E-state index contributed by atoms with van der Waals surface area (Å²) in [5.41, 5.74) is 1.74. The van der Waals surface area contributed by atoms with Crippen molar-refractivity contribution in [2.24, 2.45) is 5.92 Å². The Morgan fingerprint density at radius 1 is 1.43 bits per heavy atom. The predicted molar refractivity (Wildman–Crippen MR) is 89.6 cm³/mol. The first-order valence-electron chi connectivity index (χ1n) is 7.56. The van der Waals surface area contributed by atoms with E-state index in [0.717, 1.165) is 12.0 Å². The molecule has 2 rings (SSSR count). The van der Waals surface area contributed by atoms with Gasteiger partial charge in [-0.25, -0.2) is 0 Å². The summed E-state index contributed by atoms with van der Waals surface area (Å²) in [4.78, 5) is 0. The van der Waals surface area contributed by atoms with Gasteiger partial charge in [-0.3, -0.25) is 0 Å². The number of ether oxygens (including phenoxy) is 1. The van der Waals surface area contributed by atoms with Gasteiger partial charge in [-0.15, -0.1) is 6.58 Å². The fourth-order valence-corrected chi connectivity index (χ4v) is 2.53. The molecule has 0 amide bonds. The molecule has 1 heterocycles. The van der Waals surface area contributed by atoms with Crippen LogP contribution in [0.3, 0.4) is 0 Å². The molecule has 3 unspecified atom stereocenters. The molecule has 0 aromatic heterocycles. The molecule has 0 saturated heterocycles. The lowest BCUT2D eigenvalue weighted by Gasteiger charge is -2.34. The maximum absolute atomic E-state index is 6.21. The van der Waals surface area contributed by atoms with E-state index in [1.165, 1.54) is 5.56 Å². The molecule has 0 spiro atoms. The molecule has 0 bridgehead atoms. The van der Waals surface area contributed by atoms with Crippen molar-refractivity contribution < 1.29 is 4.74 Å². The molecule has 3 atom stereocenters. The molecule has 2 nitrogen and oxygen atoms in total. The van der Waals surface area contributed by atoms with E-state index < -0.39 is 5.72 Å². The highest BCUT2D eigenvalue weighted by Crippen LogP contribution is 2.29. The minimum absolute atomic E-state index is 0.0340. The Labute approximate surface area is 128 Å². The van der Waals surface area contributed by atoms with Crippen LogP contribution in [0.4, 0.5) is 0 Å². The number of benzene rings is 1. The molecule has 1 aliphatic heterocycles. The van der Waals surface area contributed by atoms with Crippen molar-refractivity contribution in [1.29, 1.82) is 0 Å². The normalized spacial score (nSPS) is 29.6. The average molecular weight is 283 g/mol. The van der Waals surface area contributed by atoms with Crippen molar-refractivity contribution in [3.63, 3.8) is 0 Å². The number of fused-ring (bicyclic) bond motifs is 1. The number of rotatable bonds is 3. The van der Waals surface area contributed by atoms with E-state index in [2.05, 4.69) is 62.2 Å². The average Bonchev–Trinajstić information content (AvgIpc) is 2.47. The van der Waals surface area contributed by atoms with Gasteiger partial charge in [-0.1, -0.05) is 55.5 Å². The first-order valence-corrected chi connectivity index (χ1v) is 7.56. The largest absolute Gasteiger partial charge is 0.360 e. The van der Waals surface area contributed by atoms with E-state index in [1.807, 2.05) is 25.3 Å². The van der Waals surface area contributed by atoms with Gasteiger partial charge in [-0.05, 0) is 37.9 Å². The Morgan fingerprint density at radius 2 is 2.19 bits per heavy atom. The van der Waals surface area contributed by atoms with Crippen LogP contribution in [-0.4, -0.2) is 6.10 Å². The summed E-state index contributed by atoms with van der Waals surface area (Å²) < 4.78 is 6.21. The maximum Gasteiger partial charge on any atom is 0.163 e. The van der Waals surface area contributed by atoms with Gasteiger partial charge >= 0.3 is 0 Å². The monoisotopic (exact) mass is 283 g/mol. The molecule has 1 aromatic carbocycles. The van der Waals surface area contributed by atoms with Gasteiger partial charge in [-0.2, -0.15) is 0 Å². The smallest absolute Gasteiger partial charge is 0.163 e. The molecule has 0 aliphatic carbocycles. The van der Waals surface area contributed by atoms with Crippen molar-refractivity contribution in [3.8, 4) is 0 Å². The predicted octanol–water partition coefficient (Wildman–Crippen LogP) is 4.61. The van der Waals surface area contributed by atoms with Crippen LogP contribution in [0.25, 0.3) is 6.08 Å². The van der Waals surface area contributed by atoms with Crippen molar-refractivity contribution in [1.82, 2.24) is 5.32 Å². The Balaban J connectivity index is 2.46. The minimum atomic E-state index is -0.581. The standard InChI is InChI=1S/C19H25NO/c1-5-16(3)21-19(4)18-12-7-6-10-17(18)11-8-9-15(2)13-14-20-19/h5-8,10-16,20H,1,9H2,2-4H3/b11-8-,14-13-. The lowest BCUT2D eigenvalue weighted by atomic mass is 9.95. The first-order chi connectivity index (χ1) is 10.0. The van der Waals surface area contributed by atoms with E-state index in [1.54, 1.807) is 0 Å². The number of hydrogen-bond acceptors (Lipinski definition) is 2. The van der Waals surface area contributed by atoms with E-state index in [-0.39, 0.29) is 6.10 Å². The van der Waals surface area contributed by atoms with Crippen LogP contribution in [0.1, 0.15) is 38.3 Å². The summed E-state index contributed by atoms with van der Waals surface area (Å²) in [7, 11) is 0. The molecule has 1 N–H and O–H groups in total. The Morgan fingerprint density at radius 3 is 2.95 bits per heavy atom. The Bertz CT molecular complexity index is 546. The van der Waals surface area contributed by atoms with Gasteiger partial charge in [0.25, 0.3) is 0 Å². The number of allylic oxidation sites excluding steroid dienone is 2. The van der Waals surface area contributed by atoms with Crippen LogP contribution in [0, 0.1) is 5.92 Å². The quantitative estimate of drug-likeness (QED) is 0.818. The number of hydrogen-bond donors (Lipinski definition) is 1. The molecule has 1 aliphatic rings. The molecule has 21 heavy (non-hydrogen) atoms. The zero-order valence-electron chi connectivity index (χ0n) is 13.2. The summed E-state index contributed by atoms with van der Waals surface area (Å²) in [5.74, 6) is 0.500. The van der Waals surface area contributed by atoms with Gasteiger partial charge in [0.05, 0.1) is 6.10 Å². The second kappa shape index (κ2) is 6.77. The second-order valence-electron chi connectivity index (χ2n) is 5.80. The molecule has 0 saturated carbocycles. The Kier molecular flexibility index (Phi) is 5.03. The van der Waals surface area contributed by atoms with E-state index in [9.17, 15) is 0 Å². The Hall–Kier alpha value is -1.80. The number of nitrogens with one attached hydrogen (secondary N) is 1. The third-order valence-corrected chi connectivity index (χ3v) is 3.82. The zero-order valence-corrected chi connectivity index (χ0v) is 13.2. The SMILES string of the molecule is C=CC(C)OC1(C)N/C=C\C(C)C/C=C\c2ccccc21. The summed E-state index contributed by atoms with van der Waals surface area (Å²) in [5, 5.41) is 3.43. The van der Waals surface area contributed by atoms with Crippen LogP contribution >= 0.6 is 0 Å². The lowest BCUT2D eigenvalue weighted by molar-refractivity contribution is -0.0769. The molecule has 1 aromatic rings. The fraction of sp³-hybridized carbons (Fsp3) is 0.368. The second-order valence-corrected chi connectivity index (χ2v) is 5.80. The van der Waals surface area contributed by atoms with Gasteiger partial charge < -0.3 is 10.1 Å². The maximum atomic E-state index is 6.21. The molecule has 112 valence electrons. The van der Waals surface area contributed by atoms with Crippen LogP contribution in [0.5, 0.6) is 0 Å². The first kappa shape index (κ1) is 15.6. The van der Waals surface area contributed by atoms with Gasteiger partial charge in [0.1, 0.15) is 0 Å². The minimum Gasteiger partial charge on any atom is -0.360 e. The molecule has 0 fully saturated rings. The lowest BCUT2D eigenvalue weighted by Crippen LogP contribution is -2.41. The fourth-order valence-electron chi connectivity index (χ4n) is 2.53. The van der Waals surface area contributed by atoms with Crippen molar-refractivity contribution in [2.75, 3.05) is 0 Å². The van der Waals surface area contributed by atoms with E-state index in [0.29, 0.717) is 5.92 Å². The van der Waals surface area contributed by atoms with Crippen LogP contribution in [0.2, 0.25) is 0 Å². The van der Waals surface area contributed by atoms with Crippen molar-refractivity contribution in [3.05, 3.63) is 66.4 Å². The third-order valence-electron chi connectivity index (χ3n) is 3.82. The third kappa shape index (κ3) is 3.85. The van der Waals surface area contributed by atoms with Crippen molar-refractivity contribution in [2.45, 2.75) is 39.0 Å². The molecule has 0 radical (unpaired) electrons. The van der Waals surface area contributed by atoms with Gasteiger partial charge in [0, 0.05) is 5.56 Å². The van der Waals surface area contributed by atoms with Crippen LogP contribution in [0.15, 0.2) is 55.3 Å². The highest BCUT2D eigenvalue weighted by molar-refractivity contribution is 5.55. The summed E-state index contributed by atoms with van der Waals surface area (Å²) >= 11 is 0. The van der Waals surface area contributed by atoms with E-state index >= 15 is 0 Å². The van der Waals surface area contributed by atoms with Crippen LogP contribution in [-0.2, 0) is 10.5 Å². The topological polar surface area (TPSA) is 21.3 Å². The summed E-state index contributed by atoms with van der Waals surface area (Å²) in [6, 6.07) is 8.35.